The van der Waals surface area contributed by atoms with E-state index in [9.17, 15) is 18.0 Å². The molecule has 0 radical (unpaired) electrons. The van der Waals surface area contributed by atoms with Crippen molar-refractivity contribution in [2.45, 2.75) is 19.8 Å². The molecule has 0 aromatic heterocycles. The number of alkyl halides is 2. The maximum absolute atomic E-state index is 13.0. The van der Waals surface area contributed by atoms with Crippen molar-refractivity contribution in [3.05, 3.63) is 35.1 Å². The Hall–Kier alpha value is -1.32. The van der Waals surface area contributed by atoms with Crippen LogP contribution in [0.4, 0.5) is 13.2 Å². The van der Waals surface area contributed by atoms with Crippen LogP contribution in [-0.2, 0) is 0 Å². The summed E-state index contributed by atoms with van der Waals surface area (Å²) >= 11 is 0. The predicted molar refractivity (Wildman–Crippen MR) is 46.1 cm³/mol. The van der Waals surface area contributed by atoms with Crippen molar-refractivity contribution in [2.24, 2.45) is 0 Å². The largest absolute Gasteiger partial charge is 0.307 e. The quantitative estimate of drug-likeness (QED) is 0.674. The van der Waals surface area contributed by atoms with E-state index in [1.165, 1.54) is 6.07 Å². The summed E-state index contributed by atoms with van der Waals surface area (Å²) in [5, 5.41) is 0. The molecule has 0 aliphatic carbocycles. The van der Waals surface area contributed by atoms with Crippen LogP contribution in [0.5, 0.6) is 0 Å². The summed E-state index contributed by atoms with van der Waals surface area (Å²) in [4.78, 5) is 11.0. The molecule has 1 aromatic carbocycles. The third-order valence-corrected chi connectivity index (χ3v) is 1.77. The molecule has 0 bridgehead atoms. The first-order valence-electron chi connectivity index (χ1n) is 4.01. The van der Waals surface area contributed by atoms with Crippen molar-refractivity contribution in [1.29, 1.82) is 0 Å². The molecular formula is C10H9F3O. The van der Waals surface area contributed by atoms with Gasteiger partial charge in [-0.25, -0.2) is 4.39 Å². The zero-order valence-corrected chi connectivity index (χ0v) is 7.77. The molecule has 0 atom stereocenters. The van der Waals surface area contributed by atoms with Gasteiger partial charge in [0.15, 0.2) is 0 Å². The number of carbonyl (C=O) groups excluding carboxylic acids is 1. The van der Waals surface area contributed by atoms with Gasteiger partial charge in [0.1, 0.15) is 5.82 Å². The number of aryl methyl sites for hydroxylation is 1. The fourth-order valence-corrected chi connectivity index (χ4v) is 1.05. The van der Waals surface area contributed by atoms with E-state index in [0.717, 1.165) is 12.1 Å². The summed E-state index contributed by atoms with van der Waals surface area (Å²) in [6, 6.07) is 3.54. The van der Waals surface area contributed by atoms with E-state index in [2.05, 4.69) is 0 Å². The van der Waals surface area contributed by atoms with Crippen LogP contribution in [0, 0.1) is 12.7 Å². The number of rotatable bonds is 2. The third-order valence-electron chi connectivity index (χ3n) is 1.77. The Kier molecular flexibility index (Phi) is 2.64. The minimum absolute atomic E-state index is 0.455. The Balaban J connectivity index is 3.19. The average molecular weight is 202 g/mol. The summed E-state index contributed by atoms with van der Waals surface area (Å²) in [5.74, 6) is -5.94. The van der Waals surface area contributed by atoms with Crippen molar-refractivity contribution in [1.82, 2.24) is 0 Å². The van der Waals surface area contributed by atoms with Crippen LogP contribution in [-0.4, -0.2) is 11.7 Å². The Bertz CT molecular complexity index is 366. The zero-order valence-electron chi connectivity index (χ0n) is 7.77. The van der Waals surface area contributed by atoms with Gasteiger partial charge in [0.2, 0.25) is 5.78 Å². The lowest BCUT2D eigenvalue weighted by Gasteiger charge is -2.09. The summed E-state index contributed by atoms with van der Waals surface area (Å²) in [7, 11) is 0. The van der Waals surface area contributed by atoms with Crippen LogP contribution in [0.3, 0.4) is 0 Å². The molecule has 4 heteroatoms. The molecule has 0 aliphatic heterocycles. The maximum Gasteiger partial charge on any atom is 0.307 e. The molecule has 76 valence electrons. The van der Waals surface area contributed by atoms with E-state index in [0.29, 0.717) is 12.5 Å². The standard InChI is InChI=1S/C10H9F3O/c1-6-3-4-8(11)7(5-6)9(14)10(2,12)13/h3-5H,1-2H3. The van der Waals surface area contributed by atoms with Crippen LogP contribution in [0.25, 0.3) is 0 Å². The van der Waals surface area contributed by atoms with E-state index < -0.39 is 23.1 Å². The molecule has 0 saturated heterocycles. The Morgan fingerprint density at radius 3 is 2.43 bits per heavy atom. The summed E-state index contributed by atoms with van der Waals surface area (Å²) in [6.45, 7) is 2.06. The summed E-state index contributed by atoms with van der Waals surface area (Å²) in [6.07, 6.45) is 0. The molecule has 0 saturated carbocycles. The molecule has 0 unspecified atom stereocenters. The molecular weight excluding hydrogens is 193 g/mol. The van der Waals surface area contributed by atoms with Crippen LogP contribution in [0.1, 0.15) is 22.8 Å². The van der Waals surface area contributed by atoms with E-state index >= 15 is 0 Å². The highest BCUT2D eigenvalue weighted by atomic mass is 19.3. The first-order valence-corrected chi connectivity index (χ1v) is 4.01. The Labute approximate surface area is 79.5 Å². The number of carbonyl (C=O) groups is 1. The van der Waals surface area contributed by atoms with Crippen LogP contribution in [0.15, 0.2) is 18.2 Å². The topological polar surface area (TPSA) is 17.1 Å². The fraction of sp³-hybridized carbons (Fsp3) is 0.300. The number of hydrogen-bond acceptors (Lipinski definition) is 1. The van der Waals surface area contributed by atoms with Crippen LogP contribution >= 0.6 is 0 Å². The fourth-order valence-electron chi connectivity index (χ4n) is 1.05. The number of ketones is 1. The van der Waals surface area contributed by atoms with E-state index in [4.69, 9.17) is 0 Å². The lowest BCUT2D eigenvalue weighted by Crippen LogP contribution is -2.25. The number of benzene rings is 1. The van der Waals surface area contributed by atoms with Gasteiger partial charge in [-0.05, 0) is 19.1 Å². The highest BCUT2D eigenvalue weighted by Gasteiger charge is 2.34. The second-order valence-corrected chi connectivity index (χ2v) is 3.20. The van der Waals surface area contributed by atoms with Gasteiger partial charge in [0.25, 0.3) is 0 Å². The minimum atomic E-state index is -3.53. The lowest BCUT2D eigenvalue weighted by molar-refractivity contribution is 0.0217. The first-order chi connectivity index (χ1) is 6.32. The van der Waals surface area contributed by atoms with Gasteiger partial charge in [-0.15, -0.1) is 0 Å². The van der Waals surface area contributed by atoms with E-state index in [-0.39, 0.29) is 0 Å². The van der Waals surface area contributed by atoms with Crippen LogP contribution in [0.2, 0.25) is 0 Å². The van der Waals surface area contributed by atoms with Crippen molar-refractivity contribution in [2.75, 3.05) is 0 Å². The second-order valence-electron chi connectivity index (χ2n) is 3.20. The first kappa shape index (κ1) is 10.8. The smallest absolute Gasteiger partial charge is 0.287 e. The molecule has 1 rings (SSSR count). The highest BCUT2D eigenvalue weighted by Crippen LogP contribution is 2.21. The second kappa shape index (κ2) is 3.44. The predicted octanol–water partition coefficient (Wildman–Crippen LogP) is 2.97. The molecule has 0 fully saturated rings. The molecule has 0 spiro atoms. The molecule has 0 N–H and O–H groups in total. The number of Topliss-reactive ketones (excluding diaryl/α,β-unsaturated/α-hetero) is 1. The van der Waals surface area contributed by atoms with Gasteiger partial charge >= 0.3 is 5.92 Å². The highest BCUT2D eigenvalue weighted by molar-refractivity contribution is 6.01. The molecule has 1 nitrogen and oxygen atoms in total. The zero-order chi connectivity index (χ0) is 10.9. The van der Waals surface area contributed by atoms with Crippen molar-refractivity contribution in [3.8, 4) is 0 Å². The molecule has 14 heavy (non-hydrogen) atoms. The SMILES string of the molecule is Cc1ccc(F)c(C(=O)C(C)(F)F)c1. The van der Waals surface area contributed by atoms with E-state index in [1.54, 1.807) is 6.92 Å². The molecule has 0 aliphatic rings. The third kappa shape index (κ3) is 2.13. The average Bonchev–Trinajstić information content (AvgIpc) is 2.06. The number of halogens is 3. The summed E-state index contributed by atoms with van der Waals surface area (Å²) < 4.78 is 38.2. The Morgan fingerprint density at radius 1 is 1.36 bits per heavy atom. The molecule has 0 heterocycles. The summed E-state index contributed by atoms with van der Waals surface area (Å²) in [5.41, 5.74) is 0.0106. The maximum atomic E-state index is 13.0. The minimum Gasteiger partial charge on any atom is -0.287 e. The Morgan fingerprint density at radius 2 is 1.93 bits per heavy atom. The van der Waals surface area contributed by atoms with Gasteiger partial charge < -0.3 is 0 Å². The van der Waals surface area contributed by atoms with Gasteiger partial charge in [-0.1, -0.05) is 11.6 Å². The van der Waals surface area contributed by atoms with Crippen LogP contribution < -0.4 is 0 Å². The van der Waals surface area contributed by atoms with Crippen molar-refractivity contribution >= 4 is 5.78 Å². The van der Waals surface area contributed by atoms with Crippen molar-refractivity contribution < 1.29 is 18.0 Å². The number of hydrogen-bond donors (Lipinski definition) is 0. The van der Waals surface area contributed by atoms with Gasteiger partial charge in [-0.2, -0.15) is 8.78 Å². The van der Waals surface area contributed by atoms with Gasteiger partial charge in [0, 0.05) is 6.92 Å². The normalized spacial score (nSPS) is 11.5. The van der Waals surface area contributed by atoms with E-state index in [1.807, 2.05) is 0 Å². The molecule has 1 aromatic rings. The van der Waals surface area contributed by atoms with Crippen molar-refractivity contribution in [3.63, 3.8) is 0 Å². The monoisotopic (exact) mass is 202 g/mol. The molecule has 0 amide bonds. The van der Waals surface area contributed by atoms with Gasteiger partial charge in [0.05, 0.1) is 5.56 Å². The van der Waals surface area contributed by atoms with Gasteiger partial charge in [-0.3, -0.25) is 4.79 Å². The lowest BCUT2D eigenvalue weighted by atomic mass is 10.0.